The molecule has 0 aliphatic rings. The highest BCUT2D eigenvalue weighted by Gasteiger charge is 2.35. The summed E-state index contributed by atoms with van der Waals surface area (Å²) in [4.78, 5) is 25.7. The van der Waals surface area contributed by atoms with Gasteiger partial charge in [0.15, 0.2) is 0 Å². The lowest BCUT2D eigenvalue weighted by atomic mass is 9.82. The molecule has 9 heteroatoms. The van der Waals surface area contributed by atoms with Crippen LogP contribution in [0.25, 0.3) is 6.08 Å². The Hall–Kier alpha value is -2.23. The van der Waals surface area contributed by atoms with Gasteiger partial charge in [-0.15, -0.1) is 4.41 Å². The number of hydrazine groups is 1. The van der Waals surface area contributed by atoms with Crippen LogP contribution < -0.4 is 10.9 Å². The average Bonchev–Trinajstić information content (AvgIpc) is 2.74. The molecule has 0 unspecified atom stereocenters. The van der Waals surface area contributed by atoms with Crippen LogP contribution in [0.15, 0.2) is 36.4 Å². The van der Waals surface area contributed by atoms with Crippen molar-refractivity contribution in [1.82, 2.24) is 15.3 Å². The third-order valence-corrected chi connectivity index (χ3v) is 6.35. The van der Waals surface area contributed by atoms with Crippen LogP contribution >= 0.6 is 0 Å². The minimum absolute atomic E-state index is 0.0407. The normalized spacial score (nSPS) is 15.0. The van der Waals surface area contributed by atoms with E-state index in [1.54, 1.807) is 11.6 Å². The number of nitrogens with one attached hydrogen (secondary N) is 2. The molecule has 0 radical (unpaired) electrons. The zero-order valence-electron chi connectivity index (χ0n) is 19.6. The van der Waals surface area contributed by atoms with Gasteiger partial charge < -0.3 is 0 Å². The monoisotopic (exact) mass is 467 g/mol. The number of rotatable bonds is 13. The first-order valence-electron chi connectivity index (χ1n) is 10.9. The summed E-state index contributed by atoms with van der Waals surface area (Å²) < 4.78 is 25.4. The third kappa shape index (κ3) is 9.50. The number of hydrogen-bond acceptors (Lipinski definition) is 5. The largest absolute Gasteiger partial charge is 0.289 e. The summed E-state index contributed by atoms with van der Waals surface area (Å²) in [6, 6.07) is 9.51. The van der Waals surface area contributed by atoms with E-state index in [1.807, 2.05) is 64.1 Å². The van der Waals surface area contributed by atoms with Gasteiger partial charge >= 0.3 is 0 Å². The van der Waals surface area contributed by atoms with Crippen LogP contribution in [0.2, 0.25) is 0 Å². The Morgan fingerprint density at radius 3 is 2.22 bits per heavy atom. The van der Waals surface area contributed by atoms with E-state index >= 15 is 0 Å². The zero-order valence-corrected chi connectivity index (χ0v) is 20.4. The smallest absolute Gasteiger partial charge is 0.247 e. The number of amides is 2. The average molecular weight is 468 g/mol. The van der Waals surface area contributed by atoms with E-state index in [0.29, 0.717) is 6.42 Å². The predicted molar refractivity (Wildman–Crippen MR) is 126 cm³/mol. The summed E-state index contributed by atoms with van der Waals surface area (Å²) in [5.74, 6) is -2.83. The summed E-state index contributed by atoms with van der Waals surface area (Å²) >= 11 is 0. The molecule has 0 saturated heterocycles. The van der Waals surface area contributed by atoms with Crippen LogP contribution in [0.5, 0.6) is 0 Å². The van der Waals surface area contributed by atoms with Crippen molar-refractivity contribution in [2.24, 2.45) is 23.7 Å². The van der Waals surface area contributed by atoms with Crippen LogP contribution in [0.3, 0.4) is 0 Å². The highest BCUT2D eigenvalue weighted by Crippen LogP contribution is 2.26. The Morgan fingerprint density at radius 2 is 1.72 bits per heavy atom. The number of hydroxylamine groups is 1. The fraction of sp³-hybridized carbons (Fsp3) is 0.565. The van der Waals surface area contributed by atoms with Crippen LogP contribution in [0.4, 0.5) is 0 Å². The number of hydrogen-bond donors (Lipinski definition) is 3. The second-order valence-electron chi connectivity index (χ2n) is 8.65. The molecule has 0 heterocycles. The standard InChI is InChI=1S/C23H37N3O5S/c1-6-18(4)16-26(32(5,30)31)24-22(27)21(15-17(2)3)20(23(28)25-29)14-10-13-19-11-8-7-9-12-19/h7-13,17-18,20-21,29H,6,14-16H2,1-5H3,(H,24,27)(H,25,28)/b13-10+/t18-,20-,21+/m0/s1. The Morgan fingerprint density at radius 1 is 1.09 bits per heavy atom. The highest BCUT2D eigenvalue weighted by atomic mass is 32.2. The first-order valence-corrected chi connectivity index (χ1v) is 12.8. The van der Waals surface area contributed by atoms with Crippen molar-refractivity contribution in [3.63, 3.8) is 0 Å². The lowest BCUT2D eigenvalue weighted by Gasteiger charge is -2.29. The van der Waals surface area contributed by atoms with Crippen molar-refractivity contribution < 1.29 is 23.2 Å². The molecular weight excluding hydrogens is 430 g/mol. The van der Waals surface area contributed by atoms with E-state index in [4.69, 9.17) is 0 Å². The lowest BCUT2D eigenvalue weighted by molar-refractivity contribution is -0.142. The molecule has 32 heavy (non-hydrogen) atoms. The van der Waals surface area contributed by atoms with Gasteiger partial charge in [0.1, 0.15) is 0 Å². The van der Waals surface area contributed by atoms with Crippen LogP contribution in [-0.4, -0.2) is 42.7 Å². The minimum Gasteiger partial charge on any atom is -0.289 e. The van der Waals surface area contributed by atoms with Crippen molar-refractivity contribution in [2.45, 2.75) is 47.0 Å². The van der Waals surface area contributed by atoms with Crippen molar-refractivity contribution in [3.8, 4) is 0 Å². The molecule has 1 aromatic rings. The molecule has 0 fully saturated rings. The molecule has 1 aromatic carbocycles. The zero-order chi connectivity index (χ0) is 24.3. The van der Waals surface area contributed by atoms with Gasteiger partial charge in [-0.2, -0.15) is 0 Å². The Kier molecular flexibility index (Phi) is 11.6. The van der Waals surface area contributed by atoms with Crippen molar-refractivity contribution >= 4 is 27.9 Å². The van der Waals surface area contributed by atoms with Crippen LogP contribution in [0.1, 0.15) is 52.5 Å². The van der Waals surface area contributed by atoms with Gasteiger partial charge in [-0.05, 0) is 30.2 Å². The second kappa shape index (κ2) is 13.3. The second-order valence-corrected chi connectivity index (χ2v) is 10.6. The maximum absolute atomic E-state index is 13.2. The van der Waals surface area contributed by atoms with Crippen LogP contribution in [-0.2, 0) is 19.6 Å². The highest BCUT2D eigenvalue weighted by molar-refractivity contribution is 7.88. The maximum Gasteiger partial charge on any atom is 0.247 e. The lowest BCUT2D eigenvalue weighted by Crippen LogP contribution is -2.51. The molecule has 0 bridgehead atoms. The maximum atomic E-state index is 13.2. The van der Waals surface area contributed by atoms with E-state index in [0.717, 1.165) is 22.7 Å². The van der Waals surface area contributed by atoms with Gasteiger partial charge in [-0.25, -0.2) is 13.9 Å². The Bertz CT molecular complexity index is 856. The molecule has 3 atom stereocenters. The summed E-state index contributed by atoms with van der Waals surface area (Å²) in [6.07, 6.45) is 5.96. The van der Waals surface area contributed by atoms with E-state index in [1.165, 1.54) is 0 Å². The number of carbonyl (C=O) groups is 2. The van der Waals surface area contributed by atoms with E-state index in [2.05, 4.69) is 5.43 Å². The first-order chi connectivity index (χ1) is 15.0. The minimum atomic E-state index is -3.69. The summed E-state index contributed by atoms with van der Waals surface area (Å²) in [5, 5.41) is 9.29. The molecule has 180 valence electrons. The quantitative estimate of drug-likeness (QED) is 0.304. The van der Waals surface area contributed by atoms with Crippen molar-refractivity contribution in [2.75, 3.05) is 12.8 Å². The number of allylic oxidation sites excluding steroid dienone is 1. The molecule has 0 spiro atoms. The summed E-state index contributed by atoms with van der Waals surface area (Å²) in [7, 11) is -3.69. The Labute approximate surface area is 192 Å². The van der Waals surface area contributed by atoms with Gasteiger partial charge in [0.25, 0.3) is 0 Å². The Balaban J connectivity index is 3.15. The summed E-state index contributed by atoms with van der Waals surface area (Å²) in [5.41, 5.74) is 5.12. The van der Waals surface area contributed by atoms with Gasteiger partial charge in [-0.1, -0.05) is 76.6 Å². The predicted octanol–water partition coefficient (Wildman–Crippen LogP) is 3.21. The molecule has 1 rings (SSSR count). The fourth-order valence-electron chi connectivity index (χ4n) is 3.30. The van der Waals surface area contributed by atoms with Crippen LogP contribution in [0, 0.1) is 23.7 Å². The molecule has 8 nitrogen and oxygen atoms in total. The molecular formula is C23H37N3O5S. The van der Waals surface area contributed by atoms with E-state index in [9.17, 15) is 23.2 Å². The molecule has 3 N–H and O–H groups in total. The summed E-state index contributed by atoms with van der Waals surface area (Å²) in [6.45, 7) is 7.81. The van der Waals surface area contributed by atoms with Gasteiger partial charge in [0, 0.05) is 6.54 Å². The topological polar surface area (TPSA) is 116 Å². The van der Waals surface area contributed by atoms with Gasteiger partial charge in [0.05, 0.1) is 18.1 Å². The first kappa shape index (κ1) is 27.8. The van der Waals surface area contributed by atoms with Crippen molar-refractivity contribution in [3.05, 3.63) is 42.0 Å². The van der Waals surface area contributed by atoms with Gasteiger partial charge in [-0.3, -0.25) is 20.2 Å². The molecule has 2 amide bonds. The third-order valence-electron chi connectivity index (χ3n) is 5.30. The number of benzene rings is 1. The number of sulfonamides is 1. The molecule has 0 saturated carbocycles. The molecule has 0 aliphatic carbocycles. The number of carbonyl (C=O) groups excluding carboxylic acids is 2. The molecule has 0 aliphatic heterocycles. The number of nitrogens with zero attached hydrogens (tertiary/aromatic N) is 1. The molecule has 0 aromatic heterocycles. The van der Waals surface area contributed by atoms with Gasteiger partial charge in [0.2, 0.25) is 21.8 Å². The SMILES string of the molecule is CC[C@H](C)CN(NC(=O)[C@H](CC(C)C)[C@H](C/C=C/c1ccccc1)C(=O)NO)S(C)(=O)=O. The van der Waals surface area contributed by atoms with Crippen molar-refractivity contribution in [1.29, 1.82) is 0 Å². The van der Waals surface area contributed by atoms with E-state index in [-0.39, 0.29) is 24.8 Å². The fourth-order valence-corrected chi connectivity index (χ4v) is 4.08. The van der Waals surface area contributed by atoms with E-state index < -0.39 is 33.7 Å².